The standard InChI is InChI=1S/C54H31BN2O2/c1-6-19-46-37(14-1)38-15-2-7-20-47(38)56(46)36-13-11-12-32(26-36)35-27-42-41-18-5-10-23-50(41)59-55-45-30-33(24-25-51(45)58-52(31-35)53(42)55)34-28-43-39-16-3-8-21-48(39)57-49-22-9-4-17-40(49)44(29-34)54(43)57/h1-31H. The summed E-state index contributed by atoms with van der Waals surface area (Å²) in [4.78, 5) is 0. The van der Waals surface area contributed by atoms with E-state index >= 15 is 0 Å². The molecule has 0 N–H and O–H groups in total. The smallest absolute Gasteiger partial charge is 0.434 e. The van der Waals surface area contributed by atoms with Crippen molar-refractivity contribution in [3.05, 3.63) is 188 Å². The van der Waals surface area contributed by atoms with Gasteiger partial charge in [-0.1, -0.05) is 115 Å². The SMILES string of the molecule is c1cc(-c2cc3c4c(c2)-c2ccccc2OB4c2cc(-c4cc5c6ccccc6n6c7ccccc7c(c4)c56)ccc2O3)cc(-n2c3ccccc3c3ccccc32)c1. The minimum Gasteiger partial charge on any atom is -0.551 e. The Labute approximate surface area is 339 Å². The van der Waals surface area contributed by atoms with E-state index in [1.807, 2.05) is 0 Å². The van der Waals surface area contributed by atoms with Crippen LogP contribution in [0.1, 0.15) is 0 Å². The Morgan fingerprint density at radius 1 is 0.373 bits per heavy atom. The Balaban J connectivity index is 0.929. The highest BCUT2D eigenvalue weighted by Gasteiger charge is 2.41. The first kappa shape index (κ1) is 31.3. The van der Waals surface area contributed by atoms with Crippen LogP contribution in [0.5, 0.6) is 17.2 Å². The summed E-state index contributed by atoms with van der Waals surface area (Å²) in [5.74, 6) is 2.53. The van der Waals surface area contributed by atoms with Gasteiger partial charge in [0.25, 0.3) is 0 Å². The Morgan fingerprint density at radius 3 is 1.68 bits per heavy atom. The van der Waals surface area contributed by atoms with Gasteiger partial charge in [0, 0.05) is 54.5 Å². The van der Waals surface area contributed by atoms with Crippen LogP contribution in [0.25, 0.3) is 99.0 Å². The first-order valence-electron chi connectivity index (χ1n) is 20.3. The first-order valence-corrected chi connectivity index (χ1v) is 20.3. The lowest BCUT2D eigenvalue weighted by Crippen LogP contribution is -2.53. The molecular formula is C54H31BN2O2. The van der Waals surface area contributed by atoms with Gasteiger partial charge in [-0.3, -0.25) is 0 Å². The van der Waals surface area contributed by atoms with Gasteiger partial charge in [-0.15, -0.1) is 0 Å². The average Bonchev–Trinajstić information content (AvgIpc) is 3.94. The van der Waals surface area contributed by atoms with Crippen LogP contribution in [-0.4, -0.2) is 15.9 Å². The van der Waals surface area contributed by atoms with Crippen LogP contribution in [0.2, 0.25) is 0 Å². The number of ether oxygens (including phenoxy) is 1. The van der Waals surface area contributed by atoms with E-state index in [0.29, 0.717) is 0 Å². The minimum absolute atomic E-state index is 0.321. The van der Waals surface area contributed by atoms with Crippen molar-refractivity contribution in [1.82, 2.24) is 8.97 Å². The summed E-state index contributed by atoms with van der Waals surface area (Å²) in [5, 5.41) is 7.57. The van der Waals surface area contributed by atoms with E-state index in [9.17, 15) is 0 Å². The molecule has 0 aliphatic carbocycles. The number of rotatable bonds is 3. The van der Waals surface area contributed by atoms with E-state index in [0.717, 1.165) is 61.7 Å². The molecule has 5 heteroatoms. The lowest BCUT2D eigenvalue weighted by molar-refractivity contribution is 0.479. The van der Waals surface area contributed by atoms with Crippen molar-refractivity contribution in [3.8, 4) is 56.3 Å². The lowest BCUT2D eigenvalue weighted by atomic mass is 9.50. The van der Waals surface area contributed by atoms with Crippen molar-refractivity contribution in [1.29, 1.82) is 0 Å². The number of aromatic nitrogens is 2. The molecule has 9 aromatic carbocycles. The third-order valence-electron chi connectivity index (χ3n) is 12.9. The molecule has 0 fully saturated rings. The normalized spacial score (nSPS) is 13.0. The molecule has 272 valence electrons. The maximum Gasteiger partial charge on any atom is 0.434 e. The Hall–Kier alpha value is -7.76. The maximum atomic E-state index is 6.98. The second-order valence-electron chi connectivity index (χ2n) is 16.0. The van der Waals surface area contributed by atoms with Crippen LogP contribution in [-0.2, 0) is 0 Å². The monoisotopic (exact) mass is 750 g/mol. The second-order valence-corrected chi connectivity index (χ2v) is 16.0. The summed E-state index contributed by atoms with van der Waals surface area (Å²) in [6.07, 6.45) is 0. The fraction of sp³-hybridized carbons (Fsp3) is 0. The number of benzene rings is 9. The molecule has 0 radical (unpaired) electrons. The fourth-order valence-electron chi connectivity index (χ4n) is 10.4. The van der Waals surface area contributed by atoms with Crippen molar-refractivity contribution < 1.29 is 9.39 Å². The second kappa shape index (κ2) is 11.4. The van der Waals surface area contributed by atoms with Gasteiger partial charge >= 0.3 is 6.92 Å². The maximum absolute atomic E-state index is 6.98. The number of fused-ring (bicyclic) bond motifs is 13. The van der Waals surface area contributed by atoms with Gasteiger partial charge in [0.15, 0.2) is 0 Å². The first-order chi connectivity index (χ1) is 29.2. The zero-order valence-electron chi connectivity index (χ0n) is 31.7. The third kappa shape index (κ3) is 4.23. The molecule has 0 spiro atoms. The summed E-state index contributed by atoms with van der Waals surface area (Å²) >= 11 is 0. The molecule has 2 aliphatic heterocycles. The molecule has 0 amide bonds. The summed E-state index contributed by atoms with van der Waals surface area (Å²) in [6.45, 7) is -0.321. The lowest BCUT2D eigenvalue weighted by Gasteiger charge is -2.33. The highest BCUT2D eigenvalue weighted by atomic mass is 16.5. The van der Waals surface area contributed by atoms with Gasteiger partial charge in [-0.25, -0.2) is 0 Å². The summed E-state index contributed by atoms with van der Waals surface area (Å²) in [5.41, 5.74) is 16.1. The van der Waals surface area contributed by atoms with Crippen molar-refractivity contribution in [2.75, 3.05) is 0 Å². The predicted octanol–water partition coefficient (Wildman–Crippen LogP) is 12.5. The van der Waals surface area contributed by atoms with Gasteiger partial charge in [0.1, 0.15) is 17.2 Å². The van der Waals surface area contributed by atoms with Crippen LogP contribution in [0.15, 0.2) is 188 Å². The van der Waals surface area contributed by atoms with Crippen LogP contribution in [0.4, 0.5) is 0 Å². The van der Waals surface area contributed by atoms with Crippen molar-refractivity contribution >= 4 is 77.7 Å². The minimum atomic E-state index is -0.321. The molecule has 0 saturated carbocycles. The highest BCUT2D eigenvalue weighted by Crippen LogP contribution is 2.45. The fourth-order valence-corrected chi connectivity index (χ4v) is 10.4. The molecule has 4 nitrogen and oxygen atoms in total. The number of hydrogen-bond acceptors (Lipinski definition) is 2. The van der Waals surface area contributed by atoms with Gasteiger partial charge in [0.05, 0.1) is 27.6 Å². The summed E-state index contributed by atoms with van der Waals surface area (Å²) < 4.78 is 18.7. The highest BCUT2D eigenvalue weighted by molar-refractivity contribution is 6.84. The van der Waals surface area contributed by atoms with Gasteiger partial charge in [0.2, 0.25) is 0 Å². The molecule has 0 saturated heterocycles. The zero-order valence-corrected chi connectivity index (χ0v) is 31.7. The molecule has 12 aromatic rings. The molecule has 0 bridgehead atoms. The third-order valence-corrected chi connectivity index (χ3v) is 12.9. The number of para-hydroxylation sites is 5. The van der Waals surface area contributed by atoms with Crippen molar-refractivity contribution in [3.63, 3.8) is 0 Å². The van der Waals surface area contributed by atoms with Crippen LogP contribution in [0.3, 0.4) is 0 Å². The molecular weight excluding hydrogens is 719 g/mol. The summed E-state index contributed by atoms with van der Waals surface area (Å²) in [7, 11) is 0. The molecule has 59 heavy (non-hydrogen) atoms. The molecule has 14 rings (SSSR count). The Morgan fingerprint density at radius 2 is 0.966 bits per heavy atom. The van der Waals surface area contributed by atoms with Gasteiger partial charge < -0.3 is 18.4 Å². The van der Waals surface area contributed by atoms with Gasteiger partial charge in [-0.05, 0) is 101 Å². The number of nitrogens with zero attached hydrogens (tertiary/aromatic N) is 2. The van der Waals surface area contributed by atoms with Crippen LogP contribution in [0, 0.1) is 0 Å². The topological polar surface area (TPSA) is 27.8 Å². The quantitative estimate of drug-likeness (QED) is 0.168. The van der Waals surface area contributed by atoms with Gasteiger partial charge in [-0.2, -0.15) is 0 Å². The van der Waals surface area contributed by atoms with E-state index in [1.54, 1.807) is 0 Å². The predicted molar refractivity (Wildman–Crippen MR) is 244 cm³/mol. The molecule has 0 unspecified atom stereocenters. The van der Waals surface area contributed by atoms with E-state index < -0.39 is 0 Å². The molecule has 5 heterocycles. The molecule has 3 aromatic heterocycles. The van der Waals surface area contributed by atoms with E-state index in [1.165, 1.54) is 65.5 Å². The van der Waals surface area contributed by atoms with E-state index in [-0.39, 0.29) is 6.92 Å². The number of hydrogen-bond donors (Lipinski definition) is 0. The Bertz CT molecular complexity index is 3630. The summed E-state index contributed by atoms with van der Waals surface area (Å²) in [6, 6.07) is 68.0. The van der Waals surface area contributed by atoms with Crippen LogP contribution >= 0.6 is 0 Å². The van der Waals surface area contributed by atoms with Crippen molar-refractivity contribution in [2.24, 2.45) is 0 Å². The molecule has 0 atom stereocenters. The molecule has 2 aliphatic rings. The Kier molecular flexibility index (Phi) is 6.07. The van der Waals surface area contributed by atoms with E-state index in [4.69, 9.17) is 9.39 Å². The van der Waals surface area contributed by atoms with Crippen LogP contribution < -0.4 is 20.3 Å². The van der Waals surface area contributed by atoms with E-state index in [2.05, 4.69) is 197 Å². The zero-order chi connectivity index (χ0) is 38.3. The largest absolute Gasteiger partial charge is 0.551 e. The average molecular weight is 751 g/mol. The van der Waals surface area contributed by atoms with Crippen molar-refractivity contribution in [2.45, 2.75) is 0 Å².